The summed E-state index contributed by atoms with van der Waals surface area (Å²) in [7, 11) is 0. The van der Waals surface area contributed by atoms with Gasteiger partial charge in [0.2, 0.25) is 0 Å². The molecule has 0 bridgehead atoms. The van der Waals surface area contributed by atoms with Gasteiger partial charge in [-0.15, -0.1) is 0 Å². The van der Waals surface area contributed by atoms with Crippen molar-refractivity contribution < 1.29 is 4.42 Å². The Morgan fingerprint density at radius 3 is 1.85 bits per heavy atom. The number of fused-ring (bicyclic) bond motifs is 9. The molecule has 0 atom stereocenters. The van der Waals surface area contributed by atoms with Gasteiger partial charge in [-0.05, 0) is 105 Å². The number of benzene rings is 10. The van der Waals surface area contributed by atoms with Gasteiger partial charge in [-0.2, -0.15) is 0 Å². The van der Waals surface area contributed by atoms with E-state index in [4.69, 9.17) is 4.42 Å². The summed E-state index contributed by atoms with van der Waals surface area (Å²) in [5, 5.41) is 9.40. The van der Waals surface area contributed by atoms with Crippen molar-refractivity contribution in [2.45, 2.75) is 0 Å². The van der Waals surface area contributed by atoms with Crippen LogP contribution in [0.4, 0.5) is 17.1 Å². The minimum Gasteiger partial charge on any atom is -0.455 e. The van der Waals surface area contributed by atoms with Gasteiger partial charge in [0.1, 0.15) is 11.2 Å². The van der Waals surface area contributed by atoms with Crippen LogP contribution in [0.3, 0.4) is 0 Å². The van der Waals surface area contributed by atoms with Crippen molar-refractivity contribution in [2.75, 3.05) is 4.90 Å². The molecule has 0 aliphatic heterocycles. The van der Waals surface area contributed by atoms with E-state index >= 15 is 0 Å². The fourth-order valence-electron chi connectivity index (χ4n) is 9.24. The number of anilines is 3. The van der Waals surface area contributed by atoms with Crippen LogP contribution in [0.25, 0.3) is 93.2 Å². The second kappa shape index (κ2) is 13.4. The molecule has 2 heterocycles. The third-order valence-corrected chi connectivity index (χ3v) is 12.0. The molecule has 0 aliphatic carbocycles. The van der Waals surface area contributed by atoms with Crippen molar-refractivity contribution in [2.24, 2.45) is 0 Å². The lowest BCUT2D eigenvalue weighted by molar-refractivity contribution is 0.672. The SMILES string of the molecule is c1ccc(-c2cccc3ccc(-c4ccc(N(c5cccc(-n6c7ccccc7c7ccccc76)c5)c5cccc6ccc7c8ccccc8oc7c56)cc4)cc23)cc1. The van der Waals surface area contributed by atoms with Gasteiger partial charge in [0.05, 0.1) is 16.7 Å². The number of rotatable bonds is 6. The molecule has 0 unspecified atom stereocenters. The van der Waals surface area contributed by atoms with E-state index < -0.39 is 0 Å². The first-order valence-corrected chi connectivity index (χ1v) is 20.2. The fraction of sp³-hybridized carbons (Fsp3) is 0. The summed E-state index contributed by atoms with van der Waals surface area (Å²) in [6, 6.07) is 78.7. The van der Waals surface area contributed by atoms with Gasteiger partial charge in [-0.1, -0.05) is 152 Å². The summed E-state index contributed by atoms with van der Waals surface area (Å²) in [5.74, 6) is 0. The quantitative estimate of drug-likeness (QED) is 0.169. The third-order valence-electron chi connectivity index (χ3n) is 12.0. The molecule has 3 nitrogen and oxygen atoms in total. The lowest BCUT2D eigenvalue weighted by Gasteiger charge is -2.27. The molecule has 0 aliphatic rings. The Morgan fingerprint density at radius 2 is 1.03 bits per heavy atom. The summed E-state index contributed by atoms with van der Waals surface area (Å²) >= 11 is 0. The highest BCUT2D eigenvalue weighted by Gasteiger charge is 2.21. The van der Waals surface area contributed by atoms with Crippen LogP contribution >= 0.6 is 0 Å². The predicted octanol–water partition coefficient (Wildman–Crippen LogP) is 15.8. The van der Waals surface area contributed by atoms with Crippen molar-refractivity contribution in [1.82, 2.24) is 4.57 Å². The normalized spacial score (nSPS) is 11.7. The monoisotopic (exact) mass is 752 g/mol. The Kier molecular flexibility index (Phi) is 7.54. The average molecular weight is 753 g/mol. The predicted molar refractivity (Wildman–Crippen MR) is 249 cm³/mol. The van der Waals surface area contributed by atoms with Crippen LogP contribution in [0, 0.1) is 0 Å². The van der Waals surface area contributed by atoms with Gasteiger partial charge < -0.3 is 13.9 Å². The first-order valence-electron chi connectivity index (χ1n) is 20.2. The molecule has 0 saturated heterocycles. The van der Waals surface area contributed by atoms with Gasteiger partial charge in [0.15, 0.2) is 0 Å². The van der Waals surface area contributed by atoms with Gasteiger partial charge in [-0.25, -0.2) is 0 Å². The van der Waals surface area contributed by atoms with E-state index in [1.165, 1.54) is 49.3 Å². The topological polar surface area (TPSA) is 21.3 Å². The maximum absolute atomic E-state index is 6.73. The molecule has 276 valence electrons. The van der Waals surface area contributed by atoms with E-state index in [1.54, 1.807) is 0 Å². The zero-order valence-electron chi connectivity index (χ0n) is 32.1. The molecular weight excluding hydrogens is 717 g/mol. The lowest BCUT2D eigenvalue weighted by atomic mass is 9.95. The van der Waals surface area contributed by atoms with Gasteiger partial charge in [0.25, 0.3) is 0 Å². The Bertz CT molecular complexity index is 3500. The minimum absolute atomic E-state index is 0.889. The molecule has 0 spiro atoms. The van der Waals surface area contributed by atoms with Crippen LogP contribution in [-0.4, -0.2) is 4.57 Å². The molecule has 10 aromatic carbocycles. The largest absolute Gasteiger partial charge is 0.455 e. The summed E-state index contributed by atoms with van der Waals surface area (Å²) in [4.78, 5) is 2.39. The van der Waals surface area contributed by atoms with E-state index in [0.717, 1.165) is 61.0 Å². The van der Waals surface area contributed by atoms with Crippen molar-refractivity contribution in [3.8, 4) is 27.9 Å². The van der Waals surface area contributed by atoms with E-state index in [9.17, 15) is 0 Å². The number of para-hydroxylation sites is 3. The van der Waals surface area contributed by atoms with E-state index in [-0.39, 0.29) is 0 Å². The number of hydrogen-bond acceptors (Lipinski definition) is 2. The molecule has 0 N–H and O–H groups in total. The van der Waals surface area contributed by atoms with Crippen LogP contribution in [0.1, 0.15) is 0 Å². The number of furan rings is 1. The van der Waals surface area contributed by atoms with Crippen molar-refractivity contribution in [3.05, 3.63) is 218 Å². The van der Waals surface area contributed by atoms with Gasteiger partial charge in [0, 0.05) is 44.0 Å². The zero-order chi connectivity index (χ0) is 38.9. The highest BCUT2D eigenvalue weighted by Crippen LogP contribution is 2.45. The highest BCUT2D eigenvalue weighted by molar-refractivity contribution is 6.19. The van der Waals surface area contributed by atoms with Gasteiger partial charge in [-0.3, -0.25) is 0 Å². The summed E-state index contributed by atoms with van der Waals surface area (Å²) in [5.41, 5.74) is 13.2. The van der Waals surface area contributed by atoms with Crippen LogP contribution in [0.2, 0.25) is 0 Å². The third kappa shape index (κ3) is 5.36. The van der Waals surface area contributed by atoms with Crippen LogP contribution in [-0.2, 0) is 0 Å². The Hall–Kier alpha value is -7.88. The molecule has 0 fully saturated rings. The molecule has 2 aromatic heterocycles. The molecule has 59 heavy (non-hydrogen) atoms. The summed E-state index contributed by atoms with van der Waals surface area (Å²) in [6.45, 7) is 0. The fourth-order valence-corrected chi connectivity index (χ4v) is 9.24. The Balaban J connectivity index is 1.06. The molecule has 0 saturated carbocycles. The Labute approximate surface area is 341 Å². The Morgan fingerprint density at radius 1 is 0.373 bits per heavy atom. The second-order valence-corrected chi connectivity index (χ2v) is 15.3. The molecule has 12 aromatic rings. The average Bonchev–Trinajstić information content (AvgIpc) is 3.86. The maximum atomic E-state index is 6.73. The number of hydrogen-bond donors (Lipinski definition) is 0. The number of aromatic nitrogens is 1. The first-order chi connectivity index (χ1) is 29.3. The van der Waals surface area contributed by atoms with E-state index in [1.807, 2.05) is 6.07 Å². The summed E-state index contributed by atoms with van der Waals surface area (Å²) < 4.78 is 9.12. The van der Waals surface area contributed by atoms with Crippen molar-refractivity contribution in [1.29, 1.82) is 0 Å². The van der Waals surface area contributed by atoms with Crippen molar-refractivity contribution in [3.63, 3.8) is 0 Å². The molecule has 0 radical (unpaired) electrons. The van der Waals surface area contributed by atoms with Crippen LogP contribution < -0.4 is 4.90 Å². The first kappa shape index (κ1) is 33.3. The second-order valence-electron chi connectivity index (χ2n) is 15.3. The number of nitrogens with zero attached hydrogens (tertiary/aromatic N) is 2. The van der Waals surface area contributed by atoms with Gasteiger partial charge >= 0.3 is 0 Å². The molecular formula is C56H36N2O. The van der Waals surface area contributed by atoms with Crippen molar-refractivity contribution >= 4 is 82.4 Å². The van der Waals surface area contributed by atoms with E-state index in [0.29, 0.717) is 0 Å². The molecule has 0 amide bonds. The zero-order valence-corrected chi connectivity index (χ0v) is 32.1. The summed E-state index contributed by atoms with van der Waals surface area (Å²) in [6.07, 6.45) is 0. The smallest absolute Gasteiger partial charge is 0.145 e. The molecule has 12 rings (SSSR count). The van der Waals surface area contributed by atoms with Crippen LogP contribution in [0.5, 0.6) is 0 Å². The standard InChI is InChI=1S/C56H36N2O/c1-2-13-38(14-3-1)45-22-10-15-39-27-28-41(35-50(39)45)37-29-32-42(33-30-37)57(53-25-11-16-40-31-34-49-48-21-6-9-26-54(48)59-56(49)55(40)53)43-17-12-18-44(36-43)58-51-23-7-4-19-46(51)47-20-5-8-24-52(47)58/h1-36H. The lowest BCUT2D eigenvalue weighted by Crippen LogP contribution is -2.11. The van der Waals surface area contributed by atoms with E-state index in [2.05, 4.69) is 222 Å². The molecule has 3 heteroatoms. The van der Waals surface area contributed by atoms with Crippen LogP contribution in [0.15, 0.2) is 223 Å². The highest BCUT2D eigenvalue weighted by atomic mass is 16.3. The maximum Gasteiger partial charge on any atom is 0.145 e. The minimum atomic E-state index is 0.889.